The first-order valence-electron chi connectivity index (χ1n) is 4.13. The molecule has 2 N–H and O–H groups in total. The Morgan fingerprint density at radius 2 is 2.00 bits per heavy atom. The van der Waals surface area contributed by atoms with E-state index in [1.165, 1.54) is 11.1 Å². The molecule has 0 bridgehead atoms. The molecule has 0 aliphatic carbocycles. The van der Waals surface area contributed by atoms with Crippen molar-refractivity contribution < 1.29 is 0 Å². The zero-order chi connectivity index (χ0) is 10.0. The van der Waals surface area contributed by atoms with E-state index in [9.17, 15) is 0 Å². The Labute approximate surface area is 84.3 Å². The highest BCUT2D eigenvalue weighted by molar-refractivity contribution is 7.80. The summed E-state index contributed by atoms with van der Waals surface area (Å²) in [6, 6.07) is 6.20. The van der Waals surface area contributed by atoms with Crippen molar-refractivity contribution in [2.75, 3.05) is 11.9 Å². The van der Waals surface area contributed by atoms with Crippen LogP contribution in [0.2, 0.25) is 0 Å². The fraction of sp³-hybridized carbons (Fsp3) is 0.300. The lowest BCUT2D eigenvalue weighted by atomic mass is 10.1. The van der Waals surface area contributed by atoms with Crippen molar-refractivity contribution in [3.63, 3.8) is 0 Å². The van der Waals surface area contributed by atoms with E-state index < -0.39 is 0 Å². The monoisotopic (exact) mass is 194 g/mol. The lowest BCUT2D eigenvalue weighted by Gasteiger charge is -2.19. The van der Waals surface area contributed by atoms with Gasteiger partial charge >= 0.3 is 0 Å². The third kappa shape index (κ3) is 2.18. The number of thiocarbonyl (C=S) groups is 1. The molecular formula is C10H14N2S. The molecule has 0 aliphatic rings. The van der Waals surface area contributed by atoms with Crippen LogP contribution >= 0.6 is 12.2 Å². The molecule has 0 spiro atoms. The van der Waals surface area contributed by atoms with Crippen molar-refractivity contribution in [1.29, 1.82) is 0 Å². The normalized spacial score (nSPS) is 9.77. The number of anilines is 1. The van der Waals surface area contributed by atoms with Crippen molar-refractivity contribution in [3.05, 3.63) is 29.3 Å². The molecule has 70 valence electrons. The molecule has 1 aromatic rings. The zero-order valence-electron chi connectivity index (χ0n) is 8.16. The summed E-state index contributed by atoms with van der Waals surface area (Å²) in [5.41, 5.74) is 9.04. The smallest absolute Gasteiger partial charge is 0.170 e. The lowest BCUT2D eigenvalue weighted by Crippen LogP contribution is -2.31. The number of aryl methyl sites for hydroxylation is 2. The fourth-order valence-electron chi connectivity index (χ4n) is 1.30. The Morgan fingerprint density at radius 1 is 1.38 bits per heavy atom. The second-order valence-corrected chi connectivity index (χ2v) is 3.61. The average Bonchev–Trinajstić information content (AvgIpc) is 2.03. The summed E-state index contributed by atoms with van der Waals surface area (Å²) in [5, 5.41) is 0.395. The van der Waals surface area contributed by atoms with Gasteiger partial charge in [0.15, 0.2) is 5.11 Å². The van der Waals surface area contributed by atoms with E-state index in [1.807, 2.05) is 18.0 Å². The molecule has 1 aromatic carbocycles. The molecule has 0 radical (unpaired) electrons. The van der Waals surface area contributed by atoms with E-state index >= 15 is 0 Å². The predicted octanol–water partition coefficient (Wildman–Crippen LogP) is 1.98. The van der Waals surface area contributed by atoms with E-state index in [2.05, 4.69) is 26.0 Å². The van der Waals surface area contributed by atoms with Gasteiger partial charge in [-0.05, 0) is 37.7 Å². The fourth-order valence-corrected chi connectivity index (χ4v) is 1.40. The molecule has 0 unspecified atom stereocenters. The molecule has 0 fully saturated rings. The van der Waals surface area contributed by atoms with Gasteiger partial charge < -0.3 is 10.6 Å². The van der Waals surface area contributed by atoms with Crippen LogP contribution in [0.4, 0.5) is 5.69 Å². The Hall–Kier alpha value is -1.09. The zero-order valence-corrected chi connectivity index (χ0v) is 8.98. The average molecular weight is 194 g/mol. The van der Waals surface area contributed by atoms with Gasteiger partial charge in [-0.25, -0.2) is 0 Å². The largest absolute Gasteiger partial charge is 0.376 e. The van der Waals surface area contributed by atoms with Crippen LogP contribution in [-0.4, -0.2) is 12.2 Å². The maximum absolute atomic E-state index is 5.53. The minimum Gasteiger partial charge on any atom is -0.376 e. The number of nitrogens with two attached hydrogens (primary N) is 1. The molecule has 13 heavy (non-hydrogen) atoms. The first kappa shape index (κ1) is 9.99. The lowest BCUT2D eigenvalue weighted by molar-refractivity contribution is 1.22. The summed E-state index contributed by atoms with van der Waals surface area (Å²) >= 11 is 4.90. The minimum absolute atomic E-state index is 0.395. The minimum atomic E-state index is 0.395. The summed E-state index contributed by atoms with van der Waals surface area (Å²) in [7, 11) is 1.88. The molecule has 2 nitrogen and oxygen atoms in total. The van der Waals surface area contributed by atoms with E-state index in [-0.39, 0.29) is 0 Å². The Kier molecular flexibility index (Phi) is 2.88. The maximum Gasteiger partial charge on any atom is 0.170 e. The molecule has 0 atom stereocenters. The van der Waals surface area contributed by atoms with Crippen LogP contribution in [0.5, 0.6) is 0 Å². The summed E-state index contributed by atoms with van der Waals surface area (Å²) < 4.78 is 0. The summed E-state index contributed by atoms with van der Waals surface area (Å²) in [4.78, 5) is 1.81. The highest BCUT2D eigenvalue weighted by atomic mass is 32.1. The number of benzene rings is 1. The van der Waals surface area contributed by atoms with Gasteiger partial charge in [0.25, 0.3) is 0 Å². The van der Waals surface area contributed by atoms with E-state index in [0.29, 0.717) is 5.11 Å². The molecule has 0 aliphatic heterocycles. The van der Waals surface area contributed by atoms with Crippen LogP contribution in [0.15, 0.2) is 18.2 Å². The van der Waals surface area contributed by atoms with Crippen LogP contribution in [0.3, 0.4) is 0 Å². The van der Waals surface area contributed by atoms with Gasteiger partial charge in [-0.1, -0.05) is 17.7 Å². The third-order valence-electron chi connectivity index (χ3n) is 2.04. The highest BCUT2D eigenvalue weighted by Crippen LogP contribution is 2.19. The Bertz CT molecular complexity index is 334. The van der Waals surface area contributed by atoms with Gasteiger partial charge in [-0.2, -0.15) is 0 Å². The number of rotatable bonds is 1. The molecule has 0 saturated heterocycles. The second-order valence-electron chi connectivity index (χ2n) is 3.19. The first-order valence-corrected chi connectivity index (χ1v) is 4.53. The molecule has 0 heterocycles. The maximum atomic E-state index is 5.53. The number of hydrogen-bond acceptors (Lipinski definition) is 1. The molecule has 0 saturated carbocycles. The van der Waals surface area contributed by atoms with Crippen LogP contribution < -0.4 is 10.6 Å². The van der Waals surface area contributed by atoms with Gasteiger partial charge in [-0.15, -0.1) is 0 Å². The van der Waals surface area contributed by atoms with E-state index in [4.69, 9.17) is 18.0 Å². The molecular weight excluding hydrogens is 180 g/mol. The first-order chi connectivity index (χ1) is 6.02. The van der Waals surface area contributed by atoms with Gasteiger partial charge in [0.05, 0.1) is 0 Å². The summed E-state index contributed by atoms with van der Waals surface area (Å²) in [6.45, 7) is 4.12. The Morgan fingerprint density at radius 3 is 2.46 bits per heavy atom. The number of nitrogens with zero attached hydrogens (tertiary/aromatic N) is 1. The quantitative estimate of drug-likeness (QED) is 0.693. The van der Waals surface area contributed by atoms with Gasteiger partial charge in [0, 0.05) is 12.7 Å². The van der Waals surface area contributed by atoms with Crippen LogP contribution in [-0.2, 0) is 0 Å². The third-order valence-corrected chi connectivity index (χ3v) is 2.32. The van der Waals surface area contributed by atoms with Crippen molar-refractivity contribution in [2.24, 2.45) is 5.73 Å². The Balaban J connectivity index is 3.08. The summed E-state index contributed by atoms with van der Waals surface area (Å²) in [5.74, 6) is 0. The topological polar surface area (TPSA) is 29.3 Å². The number of hydrogen-bond donors (Lipinski definition) is 1. The molecule has 0 amide bonds. The summed E-state index contributed by atoms with van der Waals surface area (Å²) in [6.07, 6.45) is 0. The van der Waals surface area contributed by atoms with E-state index in [0.717, 1.165) is 5.69 Å². The molecule has 3 heteroatoms. The van der Waals surface area contributed by atoms with Crippen LogP contribution in [0.25, 0.3) is 0 Å². The predicted molar refractivity (Wildman–Crippen MR) is 61.1 cm³/mol. The highest BCUT2D eigenvalue weighted by Gasteiger charge is 2.05. The van der Waals surface area contributed by atoms with Crippen molar-refractivity contribution in [2.45, 2.75) is 13.8 Å². The molecule has 1 rings (SSSR count). The van der Waals surface area contributed by atoms with Crippen molar-refractivity contribution >= 4 is 23.0 Å². The van der Waals surface area contributed by atoms with Crippen molar-refractivity contribution in [3.8, 4) is 0 Å². The SMILES string of the molecule is Cc1ccc(N(C)C(N)=S)c(C)c1. The van der Waals surface area contributed by atoms with Crippen LogP contribution in [0.1, 0.15) is 11.1 Å². The van der Waals surface area contributed by atoms with Gasteiger partial charge in [-0.3, -0.25) is 0 Å². The van der Waals surface area contributed by atoms with E-state index in [1.54, 1.807) is 0 Å². The van der Waals surface area contributed by atoms with Crippen LogP contribution in [0, 0.1) is 13.8 Å². The van der Waals surface area contributed by atoms with Gasteiger partial charge in [0.1, 0.15) is 0 Å². The molecule has 0 aromatic heterocycles. The second kappa shape index (κ2) is 3.75. The van der Waals surface area contributed by atoms with Crippen molar-refractivity contribution in [1.82, 2.24) is 0 Å². The van der Waals surface area contributed by atoms with Gasteiger partial charge in [0.2, 0.25) is 0 Å². The standard InChI is InChI=1S/C10H14N2S/c1-7-4-5-9(8(2)6-7)12(3)10(11)13/h4-6H,1-3H3,(H2,11,13).